The van der Waals surface area contributed by atoms with E-state index >= 15 is 0 Å². The summed E-state index contributed by atoms with van der Waals surface area (Å²) >= 11 is 1.53. The van der Waals surface area contributed by atoms with Gasteiger partial charge in [0.25, 0.3) is 0 Å². The molecule has 1 aromatic heterocycles. The van der Waals surface area contributed by atoms with Crippen LogP contribution in [0.25, 0.3) is 0 Å². The van der Waals surface area contributed by atoms with Gasteiger partial charge in [-0.25, -0.2) is 4.68 Å². The zero-order chi connectivity index (χ0) is 11.4. The Morgan fingerprint density at radius 1 is 1.50 bits per heavy atom. The van der Waals surface area contributed by atoms with Gasteiger partial charge in [-0.05, 0) is 17.7 Å². The molecule has 6 heteroatoms. The van der Waals surface area contributed by atoms with Crippen LogP contribution in [-0.2, 0) is 5.75 Å². The second-order valence-electron chi connectivity index (χ2n) is 3.16. The molecule has 0 amide bonds. The lowest BCUT2D eigenvalue weighted by Crippen LogP contribution is -2.07. The molecule has 0 aliphatic heterocycles. The number of benzene rings is 1. The third kappa shape index (κ3) is 2.46. The van der Waals surface area contributed by atoms with Crippen molar-refractivity contribution in [3.8, 4) is 5.75 Å². The fourth-order valence-electron chi connectivity index (χ4n) is 1.25. The first kappa shape index (κ1) is 10.8. The van der Waals surface area contributed by atoms with Crippen LogP contribution in [0.15, 0.2) is 35.7 Å². The first-order valence-corrected chi connectivity index (χ1v) is 5.69. The van der Waals surface area contributed by atoms with Crippen LogP contribution < -0.4 is 10.6 Å². The number of nitrogens with two attached hydrogens (primary N) is 1. The molecule has 2 rings (SSSR count). The Bertz CT molecular complexity index is 471. The van der Waals surface area contributed by atoms with Gasteiger partial charge in [0.05, 0.1) is 7.11 Å². The molecule has 1 aromatic carbocycles. The van der Waals surface area contributed by atoms with Gasteiger partial charge in [0.15, 0.2) is 0 Å². The van der Waals surface area contributed by atoms with Crippen LogP contribution in [0.4, 0.5) is 0 Å². The molecule has 0 saturated carbocycles. The molecule has 0 atom stereocenters. The second kappa shape index (κ2) is 4.89. The number of nitrogen functional groups attached to an aromatic ring is 1. The maximum absolute atomic E-state index is 5.61. The van der Waals surface area contributed by atoms with Crippen LogP contribution in [-0.4, -0.2) is 22.0 Å². The van der Waals surface area contributed by atoms with Gasteiger partial charge in [0.2, 0.25) is 5.16 Å². The summed E-state index contributed by atoms with van der Waals surface area (Å²) in [6, 6.07) is 7.90. The Balaban J connectivity index is 2.02. The maximum Gasteiger partial charge on any atom is 0.209 e. The fraction of sp³-hybridized carbons (Fsp3) is 0.200. The van der Waals surface area contributed by atoms with E-state index in [2.05, 4.69) is 10.2 Å². The summed E-state index contributed by atoms with van der Waals surface area (Å²) in [4.78, 5) is 0. The Labute approximate surface area is 97.6 Å². The molecule has 0 bridgehead atoms. The predicted molar refractivity (Wildman–Crippen MR) is 62.7 cm³/mol. The van der Waals surface area contributed by atoms with Crippen LogP contribution >= 0.6 is 11.8 Å². The number of ether oxygens (including phenoxy) is 1. The lowest BCUT2D eigenvalue weighted by Gasteiger charge is -2.03. The minimum absolute atomic E-state index is 0.697. The highest BCUT2D eigenvalue weighted by atomic mass is 32.2. The van der Waals surface area contributed by atoms with E-state index in [0.717, 1.165) is 17.1 Å². The van der Waals surface area contributed by atoms with Gasteiger partial charge < -0.3 is 10.6 Å². The Kier molecular flexibility index (Phi) is 3.31. The molecule has 0 unspecified atom stereocenters. The predicted octanol–water partition coefficient (Wildman–Crippen LogP) is 1.29. The van der Waals surface area contributed by atoms with Gasteiger partial charge >= 0.3 is 0 Å². The summed E-state index contributed by atoms with van der Waals surface area (Å²) in [5.74, 6) is 7.25. The molecule has 16 heavy (non-hydrogen) atoms. The maximum atomic E-state index is 5.61. The standard InChI is InChI=1S/C10H12N4OS/c1-15-9-4-2-3-8(5-9)6-16-10-13-12-7-14(10)11/h2-5,7H,6,11H2,1H3. The average Bonchev–Trinajstić information content (AvgIpc) is 2.72. The van der Waals surface area contributed by atoms with Crippen molar-refractivity contribution >= 4 is 11.8 Å². The summed E-state index contributed by atoms with van der Waals surface area (Å²) in [6.45, 7) is 0. The number of nitrogens with zero attached hydrogens (tertiary/aromatic N) is 3. The van der Waals surface area contributed by atoms with E-state index in [1.54, 1.807) is 7.11 Å². The highest BCUT2D eigenvalue weighted by Crippen LogP contribution is 2.21. The summed E-state index contributed by atoms with van der Waals surface area (Å²) in [6.07, 6.45) is 1.48. The van der Waals surface area contributed by atoms with Gasteiger partial charge in [-0.1, -0.05) is 23.9 Å². The van der Waals surface area contributed by atoms with E-state index in [1.165, 1.54) is 22.8 Å². The van der Waals surface area contributed by atoms with Crippen molar-refractivity contribution in [3.05, 3.63) is 36.2 Å². The molecule has 0 saturated heterocycles. The molecular formula is C10H12N4OS. The van der Waals surface area contributed by atoms with E-state index in [0.29, 0.717) is 5.16 Å². The van der Waals surface area contributed by atoms with E-state index in [-0.39, 0.29) is 0 Å². The number of hydrogen-bond donors (Lipinski definition) is 1. The average molecular weight is 236 g/mol. The Morgan fingerprint density at radius 3 is 3.06 bits per heavy atom. The van der Waals surface area contributed by atoms with Crippen LogP contribution in [0, 0.1) is 0 Å². The second-order valence-corrected chi connectivity index (χ2v) is 4.10. The zero-order valence-corrected chi connectivity index (χ0v) is 9.65. The van der Waals surface area contributed by atoms with Gasteiger partial charge in [0, 0.05) is 5.75 Å². The molecule has 84 valence electrons. The van der Waals surface area contributed by atoms with Crippen molar-refractivity contribution in [1.82, 2.24) is 14.9 Å². The molecule has 0 radical (unpaired) electrons. The van der Waals surface area contributed by atoms with Gasteiger partial charge in [-0.15, -0.1) is 10.2 Å². The van der Waals surface area contributed by atoms with E-state index in [9.17, 15) is 0 Å². The summed E-state index contributed by atoms with van der Waals surface area (Å²) in [5.41, 5.74) is 1.16. The van der Waals surface area contributed by atoms with E-state index in [1.807, 2.05) is 24.3 Å². The number of hydrogen-bond acceptors (Lipinski definition) is 5. The largest absolute Gasteiger partial charge is 0.497 e. The monoisotopic (exact) mass is 236 g/mol. The highest BCUT2D eigenvalue weighted by Gasteiger charge is 2.03. The third-order valence-corrected chi connectivity index (χ3v) is 3.07. The lowest BCUT2D eigenvalue weighted by atomic mass is 10.2. The molecule has 1 heterocycles. The summed E-state index contributed by atoms with van der Waals surface area (Å²) in [5, 5.41) is 8.30. The van der Waals surface area contributed by atoms with Gasteiger partial charge in [-0.2, -0.15) is 0 Å². The highest BCUT2D eigenvalue weighted by molar-refractivity contribution is 7.98. The molecule has 0 spiro atoms. The SMILES string of the molecule is COc1cccc(CSc2nncn2N)c1. The summed E-state index contributed by atoms with van der Waals surface area (Å²) < 4.78 is 6.56. The first-order valence-electron chi connectivity index (χ1n) is 4.70. The zero-order valence-electron chi connectivity index (χ0n) is 8.83. The topological polar surface area (TPSA) is 66.0 Å². The number of methoxy groups -OCH3 is 1. The van der Waals surface area contributed by atoms with Crippen molar-refractivity contribution < 1.29 is 4.74 Å². The van der Waals surface area contributed by atoms with Crippen molar-refractivity contribution in [3.63, 3.8) is 0 Å². The Morgan fingerprint density at radius 2 is 2.38 bits per heavy atom. The molecular weight excluding hydrogens is 224 g/mol. The minimum atomic E-state index is 0.697. The van der Waals surface area contributed by atoms with Gasteiger partial charge in [-0.3, -0.25) is 0 Å². The molecule has 0 fully saturated rings. The van der Waals surface area contributed by atoms with Crippen molar-refractivity contribution in [2.24, 2.45) is 0 Å². The first-order chi connectivity index (χ1) is 7.79. The number of thioether (sulfide) groups is 1. The Hall–Kier alpha value is -1.69. The van der Waals surface area contributed by atoms with E-state index in [4.69, 9.17) is 10.6 Å². The quantitative estimate of drug-likeness (QED) is 0.640. The molecule has 0 aliphatic carbocycles. The van der Waals surface area contributed by atoms with Crippen molar-refractivity contribution in [2.75, 3.05) is 13.0 Å². The number of rotatable bonds is 4. The molecule has 5 nitrogen and oxygen atoms in total. The normalized spacial score (nSPS) is 10.3. The van der Waals surface area contributed by atoms with E-state index < -0.39 is 0 Å². The van der Waals surface area contributed by atoms with Gasteiger partial charge in [0.1, 0.15) is 12.1 Å². The minimum Gasteiger partial charge on any atom is -0.497 e. The van der Waals surface area contributed by atoms with Crippen LogP contribution in [0.3, 0.4) is 0 Å². The molecule has 2 aromatic rings. The van der Waals surface area contributed by atoms with Crippen molar-refractivity contribution in [2.45, 2.75) is 10.9 Å². The number of aromatic nitrogens is 3. The smallest absolute Gasteiger partial charge is 0.209 e. The van der Waals surface area contributed by atoms with Crippen molar-refractivity contribution in [1.29, 1.82) is 0 Å². The third-order valence-electron chi connectivity index (χ3n) is 2.04. The summed E-state index contributed by atoms with van der Waals surface area (Å²) in [7, 11) is 1.66. The molecule has 0 aliphatic rings. The molecule has 2 N–H and O–H groups in total. The fourth-order valence-corrected chi connectivity index (χ4v) is 2.02. The van der Waals surface area contributed by atoms with Crippen LogP contribution in [0.2, 0.25) is 0 Å². The van der Waals surface area contributed by atoms with Crippen LogP contribution in [0.5, 0.6) is 5.75 Å². The van der Waals surface area contributed by atoms with Crippen LogP contribution in [0.1, 0.15) is 5.56 Å². The lowest BCUT2D eigenvalue weighted by molar-refractivity contribution is 0.414.